The predicted octanol–water partition coefficient (Wildman–Crippen LogP) is 3.30. The number of hydrogen-bond donors (Lipinski definition) is 0. The molecule has 0 N–H and O–H groups in total. The zero-order chi connectivity index (χ0) is 12.2. The van der Waals surface area contributed by atoms with Crippen molar-refractivity contribution in [3.8, 4) is 11.8 Å². The van der Waals surface area contributed by atoms with Gasteiger partial charge >= 0.3 is 6.18 Å². The monoisotopic (exact) mass is 246 g/mol. The van der Waals surface area contributed by atoms with Crippen molar-refractivity contribution in [2.75, 3.05) is 0 Å². The van der Waals surface area contributed by atoms with Crippen molar-refractivity contribution in [2.45, 2.75) is 12.6 Å². The summed E-state index contributed by atoms with van der Waals surface area (Å²) in [5.74, 6) is 4.59. The molecule has 0 spiro atoms. The summed E-state index contributed by atoms with van der Waals surface area (Å²) in [5, 5.41) is 0.170. The lowest BCUT2D eigenvalue weighted by atomic mass is 10.1. The second-order valence-electron chi connectivity index (χ2n) is 2.86. The van der Waals surface area contributed by atoms with Crippen LogP contribution in [0.1, 0.15) is 17.5 Å². The van der Waals surface area contributed by atoms with Crippen LogP contribution in [0.3, 0.4) is 0 Å². The molecule has 0 aliphatic rings. The first-order valence-corrected chi connectivity index (χ1v) is 4.62. The van der Waals surface area contributed by atoms with Crippen LogP contribution in [0.5, 0.6) is 0 Å². The Kier molecular flexibility index (Phi) is 3.97. The van der Waals surface area contributed by atoms with Crippen molar-refractivity contribution in [2.24, 2.45) is 0 Å². The topological polar surface area (TPSA) is 17.1 Å². The minimum atomic E-state index is -4.48. The average Bonchev–Trinajstić information content (AvgIpc) is 2.16. The molecule has 0 amide bonds. The van der Waals surface area contributed by atoms with Crippen LogP contribution >= 0.6 is 11.6 Å². The Bertz CT molecular complexity index is 455. The normalized spacial score (nSPS) is 10.5. The molecule has 1 aromatic carbocycles. The maximum absolute atomic E-state index is 12.5. The molecular formula is C11H6ClF3O. The second-order valence-corrected chi connectivity index (χ2v) is 3.30. The van der Waals surface area contributed by atoms with Crippen LogP contribution in [0, 0.1) is 11.8 Å². The molecule has 0 unspecified atom stereocenters. The van der Waals surface area contributed by atoms with Gasteiger partial charge in [0.05, 0.1) is 12.0 Å². The maximum Gasteiger partial charge on any atom is 0.417 e. The zero-order valence-corrected chi connectivity index (χ0v) is 8.69. The van der Waals surface area contributed by atoms with Gasteiger partial charge in [0, 0.05) is 10.6 Å². The number of benzene rings is 1. The second kappa shape index (κ2) is 5.04. The van der Waals surface area contributed by atoms with Crippen LogP contribution in [0.4, 0.5) is 13.2 Å². The summed E-state index contributed by atoms with van der Waals surface area (Å²) in [4.78, 5) is 9.99. The summed E-state index contributed by atoms with van der Waals surface area (Å²) in [6.45, 7) is 0. The third-order valence-electron chi connectivity index (χ3n) is 1.70. The number of rotatable bonds is 1. The molecule has 0 aromatic heterocycles. The van der Waals surface area contributed by atoms with Gasteiger partial charge in [-0.2, -0.15) is 13.2 Å². The summed E-state index contributed by atoms with van der Waals surface area (Å²) in [5.41, 5.74) is -1.07. The fourth-order valence-corrected chi connectivity index (χ4v) is 1.23. The highest BCUT2D eigenvalue weighted by atomic mass is 35.5. The van der Waals surface area contributed by atoms with Gasteiger partial charge in [-0.25, -0.2) is 0 Å². The van der Waals surface area contributed by atoms with Gasteiger partial charge in [0.15, 0.2) is 0 Å². The van der Waals surface area contributed by atoms with E-state index < -0.39 is 11.7 Å². The minimum absolute atomic E-state index is 0.107. The molecule has 0 saturated heterocycles. The molecule has 0 aliphatic heterocycles. The summed E-state index contributed by atoms with van der Waals surface area (Å²) < 4.78 is 37.5. The van der Waals surface area contributed by atoms with Gasteiger partial charge in [-0.05, 0) is 18.2 Å². The van der Waals surface area contributed by atoms with Crippen molar-refractivity contribution in [3.05, 3.63) is 34.3 Å². The highest BCUT2D eigenvalue weighted by Crippen LogP contribution is 2.32. The molecule has 84 valence electrons. The lowest BCUT2D eigenvalue weighted by molar-refractivity contribution is -0.137. The molecule has 0 heterocycles. The van der Waals surface area contributed by atoms with Gasteiger partial charge in [-0.15, -0.1) is 0 Å². The van der Waals surface area contributed by atoms with E-state index in [1.54, 1.807) is 0 Å². The first-order chi connectivity index (χ1) is 7.45. The van der Waals surface area contributed by atoms with Gasteiger partial charge in [-0.1, -0.05) is 23.4 Å². The van der Waals surface area contributed by atoms with Crippen LogP contribution in [-0.2, 0) is 11.0 Å². The third kappa shape index (κ3) is 3.28. The van der Waals surface area contributed by atoms with Crippen LogP contribution in [0.2, 0.25) is 5.02 Å². The average molecular weight is 247 g/mol. The number of hydrogen-bond acceptors (Lipinski definition) is 1. The fourth-order valence-electron chi connectivity index (χ4n) is 1.06. The number of halogens is 4. The van der Waals surface area contributed by atoms with Crippen molar-refractivity contribution in [3.63, 3.8) is 0 Å². The van der Waals surface area contributed by atoms with Gasteiger partial charge < -0.3 is 4.79 Å². The van der Waals surface area contributed by atoms with Crippen LogP contribution in [0.25, 0.3) is 0 Å². The van der Waals surface area contributed by atoms with E-state index in [4.69, 9.17) is 11.6 Å². The van der Waals surface area contributed by atoms with E-state index in [1.165, 1.54) is 0 Å². The Hall–Kier alpha value is -1.47. The van der Waals surface area contributed by atoms with E-state index in [2.05, 4.69) is 11.8 Å². The predicted molar refractivity (Wildman–Crippen MR) is 54.0 cm³/mol. The molecule has 0 fully saturated rings. The van der Waals surface area contributed by atoms with Gasteiger partial charge in [0.1, 0.15) is 6.29 Å². The molecule has 16 heavy (non-hydrogen) atoms. The van der Waals surface area contributed by atoms with E-state index >= 15 is 0 Å². The Labute approximate surface area is 95.2 Å². The van der Waals surface area contributed by atoms with Crippen LogP contribution < -0.4 is 0 Å². The molecule has 0 aliphatic carbocycles. The molecule has 0 radical (unpaired) electrons. The third-order valence-corrected chi connectivity index (χ3v) is 1.93. The van der Waals surface area contributed by atoms with Crippen LogP contribution in [-0.4, -0.2) is 6.29 Å². The highest BCUT2D eigenvalue weighted by Gasteiger charge is 2.32. The van der Waals surface area contributed by atoms with Gasteiger partial charge in [0.25, 0.3) is 0 Å². The van der Waals surface area contributed by atoms with E-state index in [9.17, 15) is 18.0 Å². The Morgan fingerprint density at radius 3 is 2.62 bits per heavy atom. The lowest BCUT2D eigenvalue weighted by Crippen LogP contribution is -2.07. The summed E-state index contributed by atoms with van der Waals surface area (Å²) in [7, 11) is 0. The number of alkyl halides is 3. The lowest BCUT2D eigenvalue weighted by Gasteiger charge is -2.08. The first kappa shape index (κ1) is 12.6. The SMILES string of the molecule is O=CCC#Cc1cc(Cl)ccc1C(F)(F)F. The Morgan fingerprint density at radius 2 is 2.06 bits per heavy atom. The molecule has 5 heteroatoms. The Balaban J connectivity index is 3.20. The largest absolute Gasteiger partial charge is 0.417 e. The summed E-state index contributed by atoms with van der Waals surface area (Å²) in [6.07, 6.45) is -4.07. The van der Waals surface area contributed by atoms with Crippen molar-refractivity contribution in [1.29, 1.82) is 0 Å². The number of carbonyl (C=O) groups excluding carboxylic acids is 1. The highest BCUT2D eigenvalue weighted by molar-refractivity contribution is 6.30. The number of carbonyl (C=O) groups is 1. The quantitative estimate of drug-likeness (QED) is 0.549. The standard InChI is InChI=1S/C11H6ClF3O/c12-9-4-5-10(11(13,14)15)8(7-9)3-1-2-6-16/h4-7H,2H2. The summed E-state index contributed by atoms with van der Waals surface area (Å²) in [6, 6.07) is 3.14. The van der Waals surface area contributed by atoms with E-state index in [1.807, 2.05) is 0 Å². The first-order valence-electron chi connectivity index (χ1n) is 4.24. The molecule has 0 saturated carbocycles. The molecule has 0 bridgehead atoms. The Morgan fingerprint density at radius 1 is 1.38 bits per heavy atom. The number of aldehydes is 1. The van der Waals surface area contributed by atoms with Gasteiger partial charge in [-0.3, -0.25) is 0 Å². The van der Waals surface area contributed by atoms with E-state index in [0.29, 0.717) is 6.29 Å². The maximum atomic E-state index is 12.5. The zero-order valence-electron chi connectivity index (χ0n) is 7.94. The van der Waals surface area contributed by atoms with Crippen molar-refractivity contribution in [1.82, 2.24) is 0 Å². The molecular weight excluding hydrogens is 241 g/mol. The summed E-state index contributed by atoms with van der Waals surface area (Å²) >= 11 is 5.58. The molecule has 1 rings (SSSR count). The minimum Gasteiger partial charge on any atom is -0.302 e. The fraction of sp³-hybridized carbons (Fsp3) is 0.182. The van der Waals surface area contributed by atoms with Crippen molar-refractivity contribution >= 4 is 17.9 Å². The smallest absolute Gasteiger partial charge is 0.302 e. The van der Waals surface area contributed by atoms with Crippen molar-refractivity contribution < 1.29 is 18.0 Å². The van der Waals surface area contributed by atoms with Gasteiger partial charge in [0.2, 0.25) is 0 Å². The van der Waals surface area contributed by atoms with Crippen LogP contribution in [0.15, 0.2) is 18.2 Å². The van der Waals surface area contributed by atoms with E-state index in [-0.39, 0.29) is 17.0 Å². The van der Waals surface area contributed by atoms with E-state index in [0.717, 1.165) is 18.2 Å². The molecule has 0 atom stereocenters. The molecule has 1 aromatic rings. The molecule has 1 nitrogen and oxygen atoms in total.